The number of rotatable bonds is 3. The largest absolute Gasteiger partial charge is 0.338 e. The molecule has 22 heavy (non-hydrogen) atoms. The zero-order chi connectivity index (χ0) is 15.4. The van der Waals surface area contributed by atoms with Gasteiger partial charge < -0.3 is 4.90 Å². The van der Waals surface area contributed by atoms with Crippen LogP contribution < -0.4 is 0 Å². The highest BCUT2D eigenvalue weighted by Gasteiger charge is 2.27. The predicted molar refractivity (Wildman–Crippen MR) is 87.4 cm³/mol. The smallest absolute Gasteiger partial charge is 0.223 e. The number of hydrogen-bond acceptors (Lipinski definition) is 2. The van der Waals surface area contributed by atoms with Crippen LogP contribution in [0.4, 0.5) is 0 Å². The molecule has 0 N–H and O–H groups in total. The summed E-state index contributed by atoms with van der Waals surface area (Å²) in [5, 5.41) is 0. The van der Waals surface area contributed by atoms with E-state index in [-0.39, 0.29) is 11.8 Å². The molecule has 0 saturated carbocycles. The molecule has 1 amide bonds. The van der Waals surface area contributed by atoms with Crippen molar-refractivity contribution in [3.8, 4) is 0 Å². The maximum absolute atomic E-state index is 12.4. The Labute approximate surface area is 131 Å². The van der Waals surface area contributed by atoms with Crippen LogP contribution in [0.1, 0.15) is 30.0 Å². The van der Waals surface area contributed by atoms with Gasteiger partial charge in [0.2, 0.25) is 5.91 Å². The molecule has 1 saturated heterocycles. The van der Waals surface area contributed by atoms with Gasteiger partial charge in [-0.15, -0.1) is 5.73 Å². The van der Waals surface area contributed by atoms with Gasteiger partial charge in [-0.05, 0) is 48.8 Å². The molecule has 1 unspecified atom stereocenters. The lowest BCUT2D eigenvalue weighted by molar-refractivity contribution is -0.133. The number of carbonyl (C=O) groups is 1. The fourth-order valence-electron chi connectivity index (χ4n) is 2.84. The van der Waals surface area contributed by atoms with Crippen LogP contribution in [0.25, 0.3) is 0 Å². The maximum Gasteiger partial charge on any atom is 0.223 e. The molecule has 0 aromatic carbocycles. The Morgan fingerprint density at radius 2 is 2.27 bits per heavy atom. The van der Waals surface area contributed by atoms with E-state index < -0.39 is 0 Å². The van der Waals surface area contributed by atoms with Gasteiger partial charge in [0.25, 0.3) is 0 Å². The molecular formula is C19H20N2O. The molecule has 0 bridgehead atoms. The van der Waals surface area contributed by atoms with Crippen molar-refractivity contribution in [2.24, 2.45) is 0 Å². The van der Waals surface area contributed by atoms with E-state index in [1.165, 1.54) is 0 Å². The minimum atomic E-state index is 0.217. The Morgan fingerprint density at radius 3 is 3.05 bits per heavy atom. The number of allylic oxidation sites excluding steroid dienone is 3. The molecule has 1 aliphatic carbocycles. The van der Waals surface area contributed by atoms with Crippen molar-refractivity contribution in [2.75, 3.05) is 13.1 Å². The molecule has 3 nitrogen and oxygen atoms in total. The lowest BCUT2D eigenvalue weighted by Gasteiger charge is -2.31. The first-order chi connectivity index (χ1) is 10.7. The molecule has 1 aromatic heterocycles. The van der Waals surface area contributed by atoms with Crippen molar-refractivity contribution in [1.82, 2.24) is 9.88 Å². The Balaban J connectivity index is 1.63. The first kappa shape index (κ1) is 14.6. The molecule has 1 atom stereocenters. The van der Waals surface area contributed by atoms with Gasteiger partial charge in [-0.2, -0.15) is 0 Å². The van der Waals surface area contributed by atoms with Crippen LogP contribution in [0.3, 0.4) is 0 Å². The molecule has 1 fully saturated rings. The molecule has 2 heterocycles. The van der Waals surface area contributed by atoms with E-state index in [4.69, 9.17) is 0 Å². The van der Waals surface area contributed by atoms with Crippen LogP contribution >= 0.6 is 0 Å². The molecule has 3 rings (SSSR count). The number of hydrogen-bond donors (Lipinski definition) is 0. The number of aromatic nitrogens is 1. The van der Waals surface area contributed by atoms with E-state index in [0.29, 0.717) is 13.0 Å². The molecule has 2 aliphatic rings. The zero-order valence-corrected chi connectivity index (χ0v) is 12.8. The molecular weight excluding hydrogens is 272 g/mol. The predicted octanol–water partition coefficient (Wildman–Crippen LogP) is 3.30. The lowest BCUT2D eigenvalue weighted by atomic mass is 9.92. The summed E-state index contributed by atoms with van der Waals surface area (Å²) in [4.78, 5) is 18.8. The van der Waals surface area contributed by atoms with Gasteiger partial charge in [-0.25, -0.2) is 0 Å². The van der Waals surface area contributed by atoms with Gasteiger partial charge in [0.05, 0.1) is 0 Å². The van der Waals surface area contributed by atoms with E-state index in [2.05, 4.69) is 22.8 Å². The highest BCUT2D eigenvalue weighted by molar-refractivity contribution is 5.78. The minimum Gasteiger partial charge on any atom is -0.338 e. The summed E-state index contributed by atoms with van der Waals surface area (Å²) in [7, 11) is 0. The summed E-state index contributed by atoms with van der Waals surface area (Å²) in [5.74, 6) is 0.471. The monoisotopic (exact) mass is 292 g/mol. The van der Waals surface area contributed by atoms with Crippen LogP contribution in [0.15, 0.2) is 60.0 Å². The van der Waals surface area contributed by atoms with Crippen molar-refractivity contribution in [3.63, 3.8) is 0 Å². The molecule has 112 valence electrons. The Bertz CT molecular complexity index is 676. The quantitative estimate of drug-likeness (QED) is 0.801. The Kier molecular flexibility index (Phi) is 4.36. The van der Waals surface area contributed by atoms with E-state index in [9.17, 15) is 4.79 Å². The third-order valence-electron chi connectivity index (χ3n) is 4.14. The molecule has 1 aliphatic heterocycles. The van der Waals surface area contributed by atoms with Gasteiger partial charge in [-0.1, -0.05) is 18.2 Å². The number of pyridine rings is 1. The maximum atomic E-state index is 12.4. The highest BCUT2D eigenvalue weighted by Crippen LogP contribution is 2.28. The summed E-state index contributed by atoms with van der Waals surface area (Å²) >= 11 is 0. The molecule has 0 radical (unpaired) electrons. The number of likely N-dealkylation sites (tertiary alicyclic amines) is 1. The second-order valence-corrected chi connectivity index (χ2v) is 5.87. The standard InChI is InChI=1S/C19H20N2O/c1-15-8-9-18(20-13-15)17-10-11-21(19(22)12-17)14-16-6-4-2-3-5-7-16/h2,4-9,13,17H,10-12,14H2,1H3. The second kappa shape index (κ2) is 6.59. The Morgan fingerprint density at radius 1 is 1.36 bits per heavy atom. The van der Waals surface area contributed by atoms with Crippen LogP contribution in [-0.2, 0) is 4.79 Å². The number of amides is 1. The van der Waals surface area contributed by atoms with Crippen molar-refractivity contribution in [2.45, 2.75) is 25.7 Å². The highest BCUT2D eigenvalue weighted by atomic mass is 16.2. The minimum absolute atomic E-state index is 0.217. The number of carbonyl (C=O) groups excluding carboxylic acids is 1. The normalized spacial score (nSPS) is 21.0. The van der Waals surface area contributed by atoms with Crippen molar-refractivity contribution < 1.29 is 4.79 Å². The first-order valence-electron chi connectivity index (χ1n) is 7.71. The molecule has 1 aromatic rings. The van der Waals surface area contributed by atoms with Crippen LogP contribution in [-0.4, -0.2) is 28.9 Å². The Hall–Kier alpha value is -2.38. The van der Waals surface area contributed by atoms with Crippen LogP contribution in [0.2, 0.25) is 0 Å². The van der Waals surface area contributed by atoms with Crippen molar-refractivity contribution >= 4 is 5.91 Å². The summed E-state index contributed by atoms with van der Waals surface area (Å²) in [5.41, 5.74) is 6.37. The van der Waals surface area contributed by atoms with E-state index >= 15 is 0 Å². The average molecular weight is 292 g/mol. The van der Waals surface area contributed by atoms with Gasteiger partial charge >= 0.3 is 0 Å². The SMILES string of the molecule is Cc1ccc(C2CCN(CC3=CC=C=CC=C3)C(=O)C2)nc1. The molecule has 3 heteroatoms. The van der Waals surface area contributed by atoms with Crippen LogP contribution in [0, 0.1) is 6.92 Å². The number of aryl methyl sites for hydroxylation is 1. The zero-order valence-electron chi connectivity index (χ0n) is 12.8. The van der Waals surface area contributed by atoms with Crippen LogP contribution in [0.5, 0.6) is 0 Å². The van der Waals surface area contributed by atoms with E-state index in [0.717, 1.165) is 29.8 Å². The number of nitrogens with zero attached hydrogens (tertiary/aromatic N) is 2. The summed E-state index contributed by atoms with van der Waals surface area (Å²) < 4.78 is 0. The summed E-state index contributed by atoms with van der Waals surface area (Å²) in [6.45, 7) is 3.50. The third-order valence-corrected chi connectivity index (χ3v) is 4.14. The van der Waals surface area contributed by atoms with Crippen molar-refractivity contribution in [1.29, 1.82) is 0 Å². The van der Waals surface area contributed by atoms with Gasteiger partial charge in [0, 0.05) is 37.3 Å². The first-order valence-corrected chi connectivity index (χ1v) is 7.71. The van der Waals surface area contributed by atoms with E-state index in [1.807, 2.05) is 48.4 Å². The fraction of sp³-hybridized carbons (Fsp3) is 0.316. The van der Waals surface area contributed by atoms with Crippen molar-refractivity contribution in [3.05, 3.63) is 71.3 Å². The fourth-order valence-corrected chi connectivity index (χ4v) is 2.84. The molecule has 0 spiro atoms. The van der Waals surface area contributed by atoms with Gasteiger partial charge in [0.15, 0.2) is 0 Å². The number of piperidine rings is 1. The summed E-state index contributed by atoms with van der Waals surface area (Å²) in [6, 6.07) is 4.12. The topological polar surface area (TPSA) is 33.2 Å². The average Bonchev–Trinajstić information content (AvgIpc) is 2.79. The van der Waals surface area contributed by atoms with E-state index in [1.54, 1.807) is 0 Å². The second-order valence-electron chi connectivity index (χ2n) is 5.87. The summed E-state index contributed by atoms with van der Waals surface area (Å²) in [6.07, 6.45) is 13.2. The third kappa shape index (κ3) is 3.44. The van der Waals surface area contributed by atoms with Gasteiger partial charge in [0.1, 0.15) is 0 Å². The van der Waals surface area contributed by atoms with Gasteiger partial charge in [-0.3, -0.25) is 9.78 Å². The lowest BCUT2D eigenvalue weighted by Crippen LogP contribution is -2.39.